The lowest BCUT2D eigenvalue weighted by atomic mass is 9.80. The Morgan fingerprint density at radius 3 is 2.90 bits per heavy atom. The van der Waals surface area contributed by atoms with Crippen LogP contribution in [0.2, 0.25) is 5.02 Å². The summed E-state index contributed by atoms with van der Waals surface area (Å²) < 4.78 is 4.55. The van der Waals surface area contributed by atoms with Gasteiger partial charge in [-0.3, -0.25) is 4.79 Å². The van der Waals surface area contributed by atoms with Gasteiger partial charge in [0.25, 0.3) is 0 Å². The molecule has 1 aliphatic rings. The fraction of sp³-hybridized carbons (Fsp3) is 0.357. The first-order chi connectivity index (χ1) is 10.1. The number of nitrogen functional groups attached to an aromatic ring is 1. The number of anilines is 2. The average molecular weight is 307 g/mol. The van der Waals surface area contributed by atoms with E-state index in [1.165, 1.54) is 0 Å². The first-order valence-electron chi connectivity index (χ1n) is 6.73. The predicted molar refractivity (Wildman–Crippen MR) is 79.2 cm³/mol. The molecule has 110 valence electrons. The van der Waals surface area contributed by atoms with Crippen molar-refractivity contribution in [1.82, 2.24) is 10.3 Å². The first kappa shape index (κ1) is 13.9. The van der Waals surface area contributed by atoms with Gasteiger partial charge in [-0.15, -0.1) is 0 Å². The summed E-state index contributed by atoms with van der Waals surface area (Å²) >= 11 is 6.02. The minimum absolute atomic E-state index is 0.0376. The highest BCUT2D eigenvalue weighted by Gasteiger charge is 2.29. The molecule has 1 fully saturated rings. The first-order valence-corrected chi connectivity index (χ1v) is 7.11. The largest absolute Gasteiger partial charge is 0.378 e. The van der Waals surface area contributed by atoms with E-state index in [4.69, 9.17) is 17.3 Å². The molecule has 21 heavy (non-hydrogen) atoms. The van der Waals surface area contributed by atoms with E-state index in [-0.39, 0.29) is 23.6 Å². The Kier molecular flexibility index (Phi) is 3.79. The van der Waals surface area contributed by atoms with Crippen molar-refractivity contribution in [2.45, 2.75) is 31.2 Å². The van der Waals surface area contributed by atoms with Crippen LogP contribution in [-0.4, -0.2) is 22.1 Å². The lowest BCUT2D eigenvalue weighted by molar-refractivity contribution is -0.120. The molecule has 3 rings (SSSR count). The maximum atomic E-state index is 12.0. The molecule has 0 saturated heterocycles. The molecule has 6 nitrogen and oxygen atoms in total. The van der Waals surface area contributed by atoms with Crippen LogP contribution in [0.25, 0.3) is 0 Å². The smallest absolute Gasteiger partial charge is 0.215 e. The van der Waals surface area contributed by atoms with Gasteiger partial charge in [0.05, 0.1) is 0 Å². The zero-order chi connectivity index (χ0) is 14.8. The molecular formula is C14H15ClN4O2. The Morgan fingerprint density at radius 2 is 2.19 bits per heavy atom. The maximum Gasteiger partial charge on any atom is 0.215 e. The average Bonchev–Trinajstić information content (AvgIpc) is 2.84. The molecule has 1 aliphatic carbocycles. The number of hydrogen-bond acceptors (Lipinski definition) is 6. The number of aromatic nitrogens is 2. The minimum Gasteiger partial charge on any atom is -0.378 e. The van der Waals surface area contributed by atoms with Crippen LogP contribution in [0, 0.1) is 0 Å². The fourth-order valence-corrected chi connectivity index (χ4v) is 2.96. The van der Waals surface area contributed by atoms with Crippen LogP contribution >= 0.6 is 11.6 Å². The van der Waals surface area contributed by atoms with Crippen LogP contribution in [0.15, 0.2) is 28.9 Å². The SMILES string of the molecule is Nc1nonc1N[C@H]1CC(=O)C[C@H](c2cccc(Cl)c2)C1. The number of nitrogens with two attached hydrogens (primary N) is 1. The van der Waals surface area contributed by atoms with Crippen molar-refractivity contribution in [1.29, 1.82) is 0 Å². The Labute approximate surface area is 126 Å². The van der Waals surface area contributed by atoms with E-state index in [1.54, 1.807) is 0 Å². The van der Waals surface area contributed by atoms with Gasteiger partial charge < -0.3 is 11.1 Å². The molecule has 0 aliphatic heterocycles. The third kappa shape index (κ3) is 3.16. The molecular weight excluding hydrogens is 292 g/mol. The number of Topliss-reactive ketones (excluding diaryl/α,β-unsaturated/α-hetero) is 1. The van der Waals surface area contributed by atoms with Gasteiger partial charge in [-0.05, 0) is 40.3 Å². The second-order valence-corrected chi connectivity index (χ2v) is 5.71. The van der Waals surface area contributed by atoms with Gasteiger partial charge in [-0.2, -0.15) is 0 Å². The quantitative estimate of drug-likeness (QED) is 0.905. The summed E-state index contributed by atoms with van der Waals surface area (Å²) in [6.07, 6.45) is 1.78. The summed E-state index contributed by atoms with van der Waals surface area (Å²) in [4.78, 5) is 12.0. The van der Waals surface area contributed by atoms with E-state index in [9.17, 15) is 4.79 Å². The van der Waals surface area contributed by atoms with Crippen LogP contribution in [-0.2, 0) is 4.79 Å². The number of ketones is 1. The summed E-state index contributed by atoms with van der Waals surface area (Å²) in [6, 6.07) is 7.60. The molecule has 1 saturated carbocycles. The third-order valence-electron chi connectivity index (χ3n) is 3.69. The van der Waals surface area contributed by atoms with Gasteiger partial charge in [0.1, 0.15) is 5.78 Å². The van der Waals surface area contributed by atoms with Crippen molar-refractivity contribution >= 4 is 29.0 Å². The van der Waals surface area contributed by atoms with Crippen LogP contribution in [0.4, 0.5) is 11.6 Å². The molecule has 2 atom stereocenters. The standard InChI is InChI=1S/C14H15ClN4O2/c15-10-3-1-2-8(4-10)9-5-11(7-12(20)6-9)17-14-13(16)18-21-19-14/h1-4,9,11H,5-7H2,(H2,16,18)(H,17,19)/t9-,11-/m1/s1. The lowest BCUT2D eigenvalue weighted by Crippen LogP contribution is -2.31. The van der Waals surface area contributed by atoms with Gasteiger partial charge in [-0.25, -0.2) is 4.63 Å². The number of benzene rings is 1. The molecule has 0 spiro atoms. The molecule has 1 heterocycles. The van der Waals surface area contributed by atoms with Crippen molar-refractivity contribution in [2.24, 2.45) is 0 Å². The number of halogens is 1. The minimum atomic E-state index is -0.0376. The van der Waals surface area contributed by atoms with Crippen molar-refractivity contribution in [3.8, 4) is 0 Å². The molecule has 0 radical (unpaired) electrons. The van der Waals surface area contributed by atoms with Crippen LogP contribution in [0.3, 0.4) is 0 Å². The van der Waals surface area contributed by atoms with E-state index in [2.05, 4.69) is 20.3 Å². The summed E-state index contributed by atoms with van der Waals surface area (Å²) in [5.74, 6) is 0.939. The van der Waals surface area contributed by atoms with Gasteiger partial charge in [0.2, 0.25) is 11.6 Å². The topological polar surface area (TPSA) is 94.0 Å². The number of carbonyl (C=O) groups is 1. The normalized spacial score (nSPS) is 22.2. The monoisotopic (exact) mass is 306 g/mol. The number of carbonyl (C=O) groups excluding carboxylic acids is 1. The summed E-state index contributed by atoms with van der Waals surface area (Å²) in [5.41, 5.74) is 6.70. The van der Waals surface area contributed by atoms with Gasteiger partial charge in [-0.1, -0.05) is 23.7 Å². The summed E-state index contributed by atoms with van der Waals surface area (Å²) in [6.45, 7) is 0. The van der Waals surface area contributed by atoms with E-state index >= 15 is 0 Å². The van der Waals surface area contributed by atoms with Gasteiger partial charge in [0.15, 0.2) is 0 Å². The van der Waals surface area contributed by atoms with Crippen LogP contribution in [0.1, 0.15) is 30.7 Å². The molecule has 3 N–H and O–H groups in total. The second kappa shape index (κ2) is 5.73. The van der Waals surface area contributed by atoms with Gasteiger partial charge in [0, 0.05) is 23.9 Å². The molecule has 7 heteroatoms. The van der Waals surface area contributed by atoms with Crippen molar-refractivity contribution in [2.75, 3.05) is 11.1 Å². The zero-order valence-electron chi connectivity index (χ0n) is 11.3. The zero-order valence-corrected chi connectivity index (χ0v) is 12.0. The van der Waals surface area contributed by atoms with E-state index < -0.39 is 0 Å². The predicted octanol–water partition coefficient (Wildman–Crippen LogP) is 2.62. The van der Waals surface area contributed by atoms with E-state index in [0.29, 0.717) is 23.7 Å². The van der Waals surface area contributed by atoms with Crippen molar-refractivity contribution < 1.29 is 9.42 Å². The summed E-state index contributed by atoms with van der Waals surface area (Å²) in [5, 5.41) is 11.0. The number of nitrogens with one attached hydrogen (secondary N) is 1. The Morgan fingerprint density at radius 1 is 1.33 bits per heavy atom. The van der Waals surface area contributed by atoms with Crippen LogP contribution in [0.5, 0.6) is 0 Å². The fourth-order valence-electron chi connectivity index (χ4n) is 2.76. The Hall–Kier alpha value is -2.08. The lowest BCUT2D eigenvalue weighted by Gasteiger charge is -2.29. The maximum absolute atomic E-state index is 12.0. The highest BCUT2D eigenvalue weighted by molar-refractivity contribution is 6.30. The number of hydrogen-bond donors (Lipinski definition) is 2. The van der Waals surface area contributed by atoms with E-state index in [0.717, 1.165) is 12.0 Å². The highest BCUT2D eigenvalue weighted by Crippen LogP contribution is 2.33. The van der Waals surface area contributed by atoms with Gasteiger partial charge >= 0.3 is 0 Å². The van der Waals surface area contributed by atoms with Crippen molar-refractivity contribution in [3.63, 3.8) is 0 Å². The molecule has 2 aromatic rings. The molecule has 0 bridgehead atoms. The molecule has 0 amide bonds. The second-order valence-electron chi connectivity index (χ2n) is 5.27. The third-order valence-corrected chi connectivity index (χ3v) is 3.93. The Balaban J connectivity index is 1.75. The molecule has 1 aromatic carbocycles. The number of nitrogens with zero attached hydrogens (tertiary/aromatic N) is 2. The molecule has 0 unspecified atom stereocenters. The number of rotatable bonds is 3. The molecule has 1 aromatic heterocycles. The summed E-state index contributed by atoms with van der Waals surface area (Å²) in [7, 11) is 0. The highest BCUT2D eigenvalue weighted by atomic mass is 35.5. The van der Waals surface area contributed by atoms with E-state index in [1.807, 2.05) is 24.3 Å². The van der Waals surface area contributed by atoms with Crippen molar-refractivity contribution in [3.05, 3.63) is 34.9 Å². The van der Waals surface area contributed by atoms with Crippen LogP contribution < -0.4 is 11.1 Å². The Bertz CT molecular complexity index is 658.